The van der Waals surface area contributed by atoms with E-state index in [1.165, 1.54) is 0 Å². The number of nitrogens with one attached hydrogen (secondary N) is 1. The summed E-state index contributed by atoms with van der Waals surface area (Å²) in [5.41, 5.74) is 2.54. The van der Waals surface area contributed by atoms with E-state index in [1.54, 1.807) is 24.3 Å². The zero-order valence-electron chi connectivity index (χ0n) is 18.2. The maximum Gasteiger partial charge on any atom is 0.260 e. The molecule has 0 bridgehead atoms. The zero-order chi connectivity index (χ0) is 22.4. The molecule has 3 aromatic rings. The summed E-state index contributed by atoms with van der Waals surface area (Å²) in [7, 11) is 1.65. The van der Waals surface area contributed by atoms with Crippen molar-refractivity contribution in [3.05, 3.63) is 84.7 Å². The number of hydrogen-bond acceptors (Lipinski definition) is 4. The van der Waals surface area contributed by atoms with E-state index < -0.39 is 5.41 Å². The fourth-order valence-corrected chi connectivity index (χ4v) is 4.37. The number of para-hydroxylation sites is 1. The Hall–Kier alpha value is -3.67. The van der Waals surface area contributed by atoms with E-state index in [0.29, 0.717) is 31.7 Å². The second-order valence-electron chi connectivity index (χ2n) is 8.10. The van der Waals surface area contributed by atoms with E-state index >= 15 is 0 Å². The summed E-state index contributed by atoms with van der Waals surface area (Å²) < 4.78 is 5.63. The predicted molar refractivity (Wildman–Crippen MR) is 123 cm³/mol. The van der Waals surface area contributed by atoms with E-state index in [-0.39, 0.29) is 18.4 Å². The Morgan fingerprint density at radius 3 is 2.50 bits per heavy atom. The highest BCUT2D eigenvalue weighted by atomic mass is 16.5. The van der Waals surface area contributed by atoms with Gasteiger partial charge >= 0.3 is 0 Å². The van der Waals surface area contributed by atoms with Crippen LogP contribution >= 0.6 is 0 Å². The second kappa shape index (κ2) is 9.64. The maximum absolute atomic E-state index is 13.0. The predicted octanol–water partition coefficient (Wildman–Crippen LogP) is 3.33. The van der Waals surface area contributed by atoms with Gasteiger partial charge in [0.15, 0.2) is 6.61 Å². The fraction of sp³-hybridized carbons (Fsp3) is 0.269. The molecular formula is C26H27N3O3. The third kappa shape index (κ3) is 4.64. The van der Waals surface area contributed by atoms with E-state index in [2.05, 4.69) is 22.4 Å². The molecule has 6 heteroatoms. The van der Waals surface area contributed by atoms with Crippen molar-refractivity contribution in [2.24, 2.45) is 5.41 Å². The van der Waals surface area contributed by atoms with Gasteiger partial charge in [-0.05, 0) is 53.8 Å². The Morgan fingerprint density at radius 1 is 1.03 bits per heavy atom. The number of amides is 2. The van der Waals surface area contributed by atoms with Gasteiger partial charge in [0.25, 0.3) is 5.91 Å². The molecule has 164 valence electrons. The van der Waals surface area contributed by atoms with Crippen LogP contribution in [0.3, 0.4) is 0 Å². The second-order valence-corrected chi connectivity index (χ2v) is 8.10. The van der Waals surface area contributed by atoms with Crippen molar-refractivity contribution in [1.82, 2.24) is 15.2 Å². The van der Waals surface area contributed by atoms with Crippen molar-refractivity contribution >= 4 is 11.8 Å². The third-order valence-corrected chi connectivity index (χ3v) is 6.06. The molecule has 1 saturated heterocycles. The summed E-state index contributed by atoms with van der Waals surface area (Å²) in [6.45, 7) is 0.859. The molecule has 2 aromatic carbocycles. The summed E-state index contributed by atoms with van der Waals surface area (Å²) in [6.07, 6.45) is 4.69. The molecule has 6 nitrogen and oxygen atoms in total. The maximum atomic E-state index is 13.0. The minimum absolute atomic E-state index is 0.0402. The van der Waals surface area contributed by atoms with Crippen LogP contribution in [-0.2, 0) is 16.0 Å². The fourth-order valence-electron chi connectivity index (χ4n) is 4.37. The van der Waals surface area contributed by atoms with Gasteiger partial charge in [0.05, 0.1) is 5.41 Å². The van der Waals surface area contributed by atoms with Gasteiger partial charge in [-0.2, -0.15) is 0 Å². The van der Waals surface area contributed by atoms with Gasteiger partial charge in [-0.1, -0.05) is 42.5 Å². The van der Waals surface area contributed by atoms with Gasteiger partial charge in [0, 0.05) is 32.5 Å². The summed E-state index contributed by atoms with van der Waals surface area (Å²) in [5.74, 6) is 0.507. The summed E-state index contributed by atoms with van der Waals surface area (Å²) >= 11 is 0. The number of nitrogens with zero attached hydrogens (tertiary/aromatic N) is 2. The van der Waals surface area contributed by atoms with Crippen molar-refractivity contribution in [2.75, 3.05) is 26.7 Å². The number of likely N-dealkylation sites (tertiary alicyclic amines) is 1. The molecule has 1 N–H and O–H groups in total. The van der Waals surface area contributed by atoms with Gasteiger partial charge in [0.1, 0.15) is 5.75 Å². The number of rotatable bonds is 7. The number of ether oxygens (including phenoxy) is 1. The number of hydrogen-bond donors (Lipinski definition) is 1. The van der Waals surface area contributed by atoms with Crippen LogP contribution in [-0.4, -0.2) is 48.4 Å². The monoisotopic (exact) mass is 429 g/mol. The molecule has 1 fully saturated rings. The van der Waals surface area contributed by atoms with Gasteiger partial charge < -0.3 is 15.0 Å². The first-order chi connectivity index (χ1) is 15.6. The van der Waals surface area contributed by atoms with E-state index in [1.807, 2.05) is 54.6 Å². The molecule has 4 rings (SSSR count). The van der Waals surface area contributed by atoms with Gasteiger partial charge in [-0.3, -0.25) is 14.6 Å². The van der Waals surface area contributed by atoms with Crippen molar-refractivity contribution in [3.8, 4) is 16.9 Å². The first-order valence-electron chi connectivity index (χ1n) is 10.8. The summed E-state index contributed by atoms with van der Waals surface area (Å²) in [5, 5.41) is 2.83. The lowest BCUT2D eigenvalue weighted by Gasteiger charge is -2.28. The van der Waals surface area contributed by atoms with Crippen LogP contribution in [0, 0.1) is 5.41 Å². The Bertz CT molecular complexity index is 1070. The van der Waals surface area contributed by atoms with Crippen LogP contribution in [0.1, 0.15) is 12.0 Å². The first kappa shape index (κ1) is 21.6. The van der Waals surface area contributed by atoms with Gasteiger partial charge in [-0.25, -0.2) is 0 Å². The number of aromatic nitrogens is 1. The lowest BCUT2D eigenvalue weighted by molar-refractivity contribution is -0.134. The largest absolute Gasteiger partial charge is 0.484 e. The Kier molecular flexibility index (Phi) is 6.50. The molecule has 1 aliphatic rings. The minimum atomic E-state index is -0.680. The third-order valence-electron chi connectivity index (χ3n) is 6.06. The molecule has 2 heterocycles. The molecule has 0 spiro atoms. The Balaban J connectivity index is 1.52. The standard InChI is InChI=1S/C26H27N3O3/c1-27-25(31)26(17-21-7-5-6-10-23(21)20-11-14-28-15-12-20)13-16-29(19-26)24(30)18-32-22-8-3-2-4-9-22/h2-12,14-15H,13,16-19H2,1H3,(H,27,31)/t26-/m0/s1. The van der Waals surface area contributed by atoms with Crippen LogP contribution in [0.25, 0.3) is 11.1 Å². The average molecular weight is 430 g/mol. The van der Waals surface area contributed by atoms with Crippen LogP contribution in [0.5, 0.6) is 5.75 Å². The van der Waals surface area contributed by atoms with Gasteiger partial charge in [0.2, 0.25) is 5.91 Å². The molecule has 0 radical (unpaired) electrons. The van der Waals surface area contributed by atoms with Crippen LogP contribution in [0.4, 0.5) is 0 Å². The van der Waals surface area contributed by atoms with Gasteiger partial charge in [-0.15, -0.1) is 0 Å². The lowest BCUT2D eigenvalue weighted by atomic mass is 9.78. The van der Waals surface area contributed by atoms with Crippen molar-refractivity contribution in [2.45, 2.75) is 12.8 Å². The topological polar surface area (TPSA) is 71.5 Å². The Morgan fingerprint density at radius 2 is 1.75 bits per heavy atom. The molecule has 0 aliphatic carbocycles. The lowest BCUT2D eigenvalue weighted by Crippen LogP contribution is -2.44. The summed E-state index contributed by atoms with van der Waals surface area (Å²) in [4.78, 5) is 31.7. The summed E-state index contributed by atoms with van der Waals surface area (Å²) in [6, 6.07) is 21.3. The van der Waals surface area contributed by atoms with E-state index in [0.717, 1.165) is 16.7 Å². The highest BCUT2D eigenvalue weighted by Crippen LogP contribution is 2.37. The molecule has 0 saturated carbocycles. The smallest absolute Gasteiger partial charge is 0.260 e. The van der Waals surface area contributed by atoms with Crippen molar-refractivity contribution in [3.63, 3.8) is 0 Å². The quantitative estimate of drug-likeness (QED) is 0.625. The molecule has 2 amide bonds. The van der Waals surface area contributed by atoms with Crippen LogP contribution in [0.15, 0.2) is 79.1 Å². The normalized spacial score (nSPS) is 17.7. The number of carbonyl (C=O) groups excluding carboxylic acids is 2. The van der Waals surface area contributed by atoms with E-state index in [9.17, 15) is 9.59 Å². The Labute approximate surface area is 188 Å². The average Bonchev–Trinajstić information content (AvgIpc) is 3.29. The number of carbonyl (C=O) groups is 2. The molecule has 1 atom stereocenters. The van der Waals surface area contributed by atoms with Crippen molar-refractivity contribution < 1.29 is 14.3 Å². The molecule has 1 aliphatic heterocycles. The molecule has 32 heavy (non-hydrogen) atoms. The SMILES string of the molecule is CNC(=O)[C@]1(Cc2ccccc2-c2ccncc2)CCN(C(=O)COc2ccccc2)C1. The first-order valence-corrected chi connectivity index (χ1v) is 10.8. The van der Waals surface area contributed by atoms with Crippen LogP contribution in [0.2, 0.25) is 0 Å². The highest BCUT2D eigenvalue weighted by molar-refractivity contribution is 5.86. The number of benzene rings is 2. The van der Waals surface area contributed by atoms with E-state index in [4.69, 9.17) is 4.74 Å². The molecule has 0 unspecified atom stereocenters. The van der Waals surface area contributed by atoms with Crippen LogP contribution < -0.4 is 10.1 Å². The number of pyridine rings is 1. The minimum Gasteiger partial charge on any atom is -0.484 e. The van der Waals surface area contributed by atoms with Crippen molar-refractivity contribution in [1.29, 1.82) is 0 Å². The highest BCUT2D eigenvalue weighted by Gasteiger charge is 2.45. The molecule has 1 aromatic heterocycles. The zero-order valence-corrected chi connectivity index (χ0v) is 18.2. The molecular weight excluding hydrogens is 402 g/mol.